The first kappa shape index (κ1) is 15.3. The van der Waals surface area contributed by atoms with E-state index in [9.17, 15) is 4.79 Å². The van der Waals surface area contributed by atoms with E-state index in [-0.39, 0.29) is 5.91 Å². The Morgan fingerprint density at radius 1 is 1.27 bits per heavy atom. The highest BCUT2D eigenvalue weighted by Crippen LogP contribution is 2.18. The molecule has 0 unspecified atom stereocenters. The standard InChI is InChI=1S/C18H16N2O2/c1-22-17-8-3-2-7-16(17)9-10-18(21)20-13-15-6-4-5-14(11-15)12-19/h2-11H,13H2,1H3,(H,20,21)/b10-9+. The molecule has 0 aromatic heterocycles. The average Bonchev–Trinajstić information content (AvgIpc) is 2.58. The van der Waals surface area contributed by atoms with Crippen LogP contribution in [0.1, 0.15) is 16.7 Å². The van der Waals surface area contributed by atoms with Gasteiger partial charge in [-0.25, -0.2) is 0 Å². The van der Waals surface area contributed by atoms with Crippen molar-refractivity contribution in [3.8, 4) is 11.8 Å². The van der Waals surface area contributed by atoms with Gasteiger partial charge in [-0.1, -0.05) is 30.3 Å². The van der Waals surface area contributed by atoms with Gasteiger partial charge in [0.15, 0.2) is 0 Å². The van der Waals surface area contributed by atoms with E-state index in [0.29, 0.717) is 17.9 Å². The molecular formula is C18H16N2O2. The third-order valence-corrected chi connectivity index (χ3v) is 3.08. The Balaban J connectivity index is 1.95. The van der Waals surface area contributed by atoms with Gasteiger partial charge >= 0.3 is 0 Å². The van der Waals surface area contributed by atoms with Crippen LogP contribution in [-0.4, -0.2) is 13.0 Å². The highest BCUT2D eigenvalue weighted by atomic mass is 16.5. The van der Waals surface area contributed by atoms with Crippen molar-refractivity contribution in [1.29, 1.82) is 5.26 Å². The van der Waals surface area contributed by atoms with Crippen molar-refractivity contribution in [3.63, 3.8) is 0 Å². The second-order valence-electron chi connectivity index (χ2n) is 4.61. The van der Waals surface area contributed by atoms with Gasteiger partial charge in [-0.2, -0.15) is 5.26 Å². The zero-order valence-corrected chi connectivity index (χ0v) is 12.2. The lowest BCUT2D eigenvalue weighted by Gasteiger charge is -2.04. The zero-order valence-electron chi connectivity index (χ0n) is 12.2. The number of nitrogens with one attached hydrogen (secondary N) is 1. The number of rotatable bonds is 5. The molecule has 0 heterocycles. The fourth-order valence-corrected chi connectivity index (χ4v) is 1.97. The Hall–Kier alpha value is -3.06. The maximum Gasteiger partial charge on any atom is 0.244 e. The fourth-order valence-electron chi connectivity index (χ4n) is 1.97. The second kappa shape index (κ2) is 7.65. The van der Waals surface area contributed by atoms with Crippen LogP contribution in [0, 0.1) is 11.3 Å². The number of carbonyl (C=O) groups is 1. The van der Waals surface area contributed by atoms with Crippen LogP contribution in [0.3, 0.4) is 0 Å². The third kappa shape index (κ3) is 4.22. The van der Waals surface area contributed by atoms with Crippen LogP contribution in [0.5, 0.6) is 5.75 Å². The van der Waals surface area contributed by atoms with Gasteiger partial charge in [-0.05, 0) is 29.8 Å². The van der Waals surface area contributed by atoms with E-state index in [1.807, 2.05) is 30.3 Å². The zero-order chi connectivity index (χ0) is 15.8. The van der Waals surface area contributed by atoms with Crippen LogP contribution in [0.15, 0.2) is 54.6 Å². The maximum absolute atomic E-state index is 11.8. The lowest BCUT2D eigenvalue weighted by Crippen LogP contribution is -2.20. The highest BCUT2D eigenvalue weighted by molar-refractivity contribution is 5.92. The van der Waals surface area contributed by atoms with Crippen LogP contribution in [0.25, 0.3) is 6.08 Å². The van der Waals surface area contributed by atoms with Crippen molar-refractivity contribution < 1.29 is 9.53 Å². The minimum absolute atomic E-state index is 0.201. The van der Waals surface area contributed by atoms with Crippen molar-refractivity contribution in [2.24, 2.45) is 0 Å². The van der Waals surface area contributed by atoms with Crippen LogP contribution in [-0.2, 0) is 11.3 Å². The lowest BCUT2D eigenvalue weighted by molar-refractivity contribution is -0.116. The Bertz CT molecular complexity index is 730. The first-order valence-corrected chi connectivity index (χ1v) is 6.81. The Kier molecular flexibility index (Phi) is 5.33. The molecule has 2 aromatic rings. The van der Waals surface area contributed by atoms with Gasteiger partial charge in [0.05, 0.1) is 18.7 Å². The van der Waals surface area contributed by atoms with E-state index in [1.54, 1.807) is 31.4 Å². The minimum Gasteiger partial charge on any atom is -0.496 e. The number of benzene rings is 2. The van der Waals surface area contributed by atoms with Crippen LogP contribution < -0.4 is 10.1 Å². The molecule has 0 fully saturated rings. The van der Waals surface area contributed by atoms with Gasteiger partial charge in [-0.3, -0.25) is 4.79 Å². The number of hydrogen-bond acceptors (Lipinski definition) is 3. The molecule has 0 aliphatic heterocycles. The van der Waals surface area contributed by atoms with Gasteiger partial charge in [0.25, 0.3) is 0 Å². The van der Waals surface area contributed by atoms with Crippen molar-refractivity contribution in [2.75, 3.05) is 7.11 Å². The summed E-state index contributed by atoms with van der Waals surface area (Å²) in [5.41, 5.74) is 2.31. The van der Waals surface area contributed by atoms with E-state index in [4.69, 9.17) is 10.00 Å². The highest BCUT2D eigenvalue weighted by Gasteiger charge is 2.00. The van der Waals surface area contributed by atoms with Crippen molar-refractivity contribution >= 4 is 12.0 Å². The SMILES string of the molecule is COc1ccccc1/C=C/C(=O)NCc1cccc(C#N)c1. The second-order valence-corrected chi connectivity index (χ2v) is 4.61. The molecule has 0 bridgehead atoms. The molecule has 4 heteroatoms. The summed E-state index contributed by atoms with van der Waals surface area (Å²) in [5.74, 6) is 0.515. The maximum atomic E-state index is 11.8. The largest absolute Gasteiger partial charge is 0.496 e. The molecule has 0 radical (unpaired) electrons. The Labute approximate surface area is 129 Å². The summed E-state index contributed by atoms with van der Waals surface area (Å²) < 4.78 is 5.22. The number of nitrogens with zero attached hydrogens (tertiary/aromatic N) is 1. The molecular weight excluding hydrogens is 276 g/mol. The summed E-state index contributed by atoms with van der Waals surface area (Å²) in [6.07, 6.45) is 3.17. The number of para-hydroxylation sites is 1. The van der Waals surface area contributed by atoms with Gasteiger partial charge in [-0.15, -0.1) is 0 Å². The summed E-state index contributed by atoms with van der Waals surface area (Å²) in [7, 11) is 1.59. The molecule has 110 valence electrons. The number of nitriles is 1. The number of carbonyl (C=O) groups excluding carboxylic acids is 1. The van der Waals surface area contributed by atoms with E-state index in [0.717, 1.165) is 11.1 Å². The molecule has 0 saturated heterocycles. The lowest BCUT2D eigenvalue weighted by atomic mass is 10.1. The van der Waals surface area contributed by atoms with Gasteiger partial charge in [0, 0.05) is 18.2 Å². The molecule has 0 aliphatic carbocycles. The summed E-state index contributed by atoms with van der Waals surface area (Å²) in [5, 5.41) is 11.6. The van der Waals surface area contributed by atoms with E-state index < -0.39 is 0 Å². The quantitative estimate of drug-likeness (QED) is 0.862. The van der Waals surface area contributed by atoms with Gasteiger partial charge in [0.2, 0.25) is 5.91 Å². The fraction of sp³-hybridized carbons (Fsp3) is 0.111. The normalized spacial score (nSPS) is 10.2. The molecule has 22 heavy (non-hydrogen) atoms. The Morgan fingerprint density at radius 2 is 2.09 bits per heavy atom. The van der Waals surface area contributed by atoms with Crippen molar-refractivity contribution in [1.82, 2.24) is 5.32 Å². The van der Waals surface area contributed by atoms with Gasteiger partial charge < -0.3 is 10.1 Å². The number of methoxy groups -OCH3 is 1. The van der Waals surface area contributed by atoms with Crippen LogP contribution in [0.2, 0.25) is 0 Å². The summed E-state index contributed by atoms with van der Waals surface area (Å²) in [6.45, 7) is 0.380. The third-order valence-electron chi connectivity index (χ3n) is 3.08. The smallest absolute Gasteiger partial charge is 0.244 e. The predicted octanol–water partition coefficient (Wildman–Crippen LogP) is 2.90. The van der Waals surface area contributed by atoms with Crippen LogP contribution in [0.4, 0.5) is 0 Å². The molecule has 0 aliphatic rings. The molecule has 0 saturated carbocycles. The van der Waals surface area contributed by atoms with Crippen molar-refractivity contribution in [2.45, 2.75) is 6.54 Å². The van der Waals surface area contributed by atoms with E-state index >= 15 is 0 Å². The summed E-state index contributed by atoms with van der Waals surface area (Å²) in [6, 6.07) is 16.7. The number of ether oxygens (including phenoxy) is 1. The molecule has 0 spiro atoms. The summed E-state index contributed by atoms with van der Waals surface area (Å²) >= 11 is 0. The first-order chi connectivity index (χ1) is 10.7. The monoisotopic (exact) mass is 292 g/mol. The molecule has 2 rings (SSSR count). The Morgan fingerprint density at radius 3 is 2.86 bits per heavy atom. The average molecular weight is 292 g/mol. The number of hydrogen-bond donors (Lipinski definition) is 1. The van der Waals surface area contributed by atoms with E-state index in [2.05, 4.69) is 11.4 Å². The topological polar surface area (TPSA) is 62.1 Å². The van der Waals surface area contributed by atoms with Crippen molar-refractivity contribution in [3.05, 3.63) is 71.3 Å². The molecule has 2 aromatic carbocycles. The molecule has 0 atom stereocenters. The minimum atomic E-state index is -0.201. The molecule has 4 nitrogen and oxygen atoms in total. The first-order valence-electron chi connectivity index (χ1n) is 6.81. The molecule has 1 amide bonds. The number of amides is 1. The predicted molar refractivity (Wildman–Crippen MR) is 85.0 cm³/mol. The van der Waals surface area contributed by atoms with Crippen LogP contribution >= 0.6 is 0 Å². The van der Waals surface area contributed by atoms with Gasteiger partial charge in [0.1, 0.15) is 5.75 Å². The van der Waals surface area contributed by atoms with E-state index in [1.165, 1.54) is 6.08 Å². The summed E-state index contributed by atoms with van der Waals surface area (Å²) in [4.78, 5) is 11.8. The molecule has 1 N–H and O–H groups in total.